The van der Waals surface area contributed by atoms with Crippen molar-refractivity contribution in [1.82, 2.24) is 4.90 Å². The number of aliphatic hydroxyl groups is 1. The zero-order chi connectivity index (χ0) is 20.0. The van der Waals surface area contributed by atoms with E-state index in [4.69, 9.17) is 4.74 Å². The Bertz CT molecular complexity index is 836. The maximum Gasteiger partial charge on any atom is 0.229 e. The van der Waals surface area contributed by atoms with E-state index in [2.05, 4.69) is 26.7 Å². The van der Waals surface area contributed by atoms with Gasteiger partial charge in [-0.1, -0.05) is 18.2 Å². The molecule has 0 aliphatic carbocycles. The number of para-hydroxylation sites is 1. The molecule has 0 saturated carbocycles. The minimum atomic E-state index is -3.29. The van der Waals surface area contributed by atoms with Crippen molar-refractivity contribution in [3.8, 4) is 5.75 Å². The van der Waals surface area contributed by atoms with E-state index >= 15 is 0 Å². The average molecular weight is 406 g/mol. The molecule has 2 aromatic rings. The molecule has 1 aliphatic rings. The van der Waals surface area contributed by atoms with Crippen LogP contribution in [0.2, 0.25) is 0 Å². The van der Waals surface area contributed by atoms with Crippen LogP contribution in [-0.2, 0) is 10.0 Å². The summed E-state index contributed by atoms with van der Waals surface area (Å²) in [5, 5.41) is 10.3. The number of hydrogen-bond acceptors (Lipinski definition) is 6. The lowest BCUT2D eigenvalue weighted by Crippen LogP contribution is -2.49. The minimum Gasteiger partial charge on any atom is -0.491 e. The first kappa shape index (κ1) is 20.4. The lowest BCUT2D eigenvalue weighted by atomic mass is 10.2. The molecule has 1 heterocycles. The topological polar surface area (TPSA) is 82.1 Å². The van der Waals surface area contributed by atoms with Gasteiger partial charge in [-0.15, -0.1) is 0 Å². The molecule has 0 radical (unpaired) electrons. The maximum absolute atomic E-state index is 11.2. The Balaban J connectivity index is 1.39. The molecule has 0 amide bonds. The highest BCUT2D eigenvalue weighted by molar-refractivity contribution is 7.92. The summed E-state index contributed by atoms with van der Waals surface area (Å²) in [6.45, 7) is 4.43. The number of ether oxygens (including phenoxy) is 1. The zero-order valence-corrected chi connectivity index (χ0v) is 16.8. The van der Waals surface area contributed by atoms with Crippen LogP contribution in [0.3, 0.4) is 0 Å². The molecule has 28 heavy (non-hydrogen) atoms. The smallest absolute Gasteiger partial charge is 0.229 e. The quantitative estimate of drug-likeness (QED) is 0.695. The van der Waals surface area contributed by atoms with E-state index in [0.717, 1.165) is 32.4 Å². The summed E-state index contributed by atoms with van der Waals surface area (Å²) in [5.41, 5.74) is 1.71. The standard InChI is InChI=1S/C20H27N3O4S/c1-28(25,26)21-17-7-9-20(10-8-17)27-16-19(24)15-22-11-13-23(14-12-22)18-5-3-2-4-6-18/h2-10,19,21,24H,11-16H2,1H3/t19-/m0/s1. The van der Waals surface area contributed by atoms with Crippen LogP contribution in [0.4, 0.5) is 11.4 Å². The number of rotatable bonds is 8. The van der Waals surface area contributed by atoms with Crippen LogP contribution in [0, 0.1) is 0 Å². The zero-order valence-electron chi connectivity index (χ0n) is 16.0. The van der Waals surface area contributed by atoms with Gasteiger partial charge in [0.15, 0.2) is 0 Å². The Morgan fingerprint density at radius 2 is 1.68 bits per heavy atom. The van der Waals surface area contributed by atoms with Gasteiger partial charge in [0, 0.05) is 44.1 Å². The Morgan fingerprint density at radius 3 is 2.29 bits per heavy atom. The second-order valence-electron chi connectivity index (χ2n) is 6.99. The maximum atomic E-state index is 11.2. The molecule has 1 aliphatic heterocycles. The molecule has 0 spiro atoms. The lowest BCUT2D eigenvalue weighted by Gasteiger charge is -2.36. The summed E-state index contributed by atoms with van der Waals surface area (Å²) < 4.78 is 30.4. The van der Waals surface area contributed by atoms with Crippen LogP contribution in [0.5, 0.6) is 5.75 Å². The summed E-state index contributed by atoms with van der Waals surface area (Å²) in [5.74, 6) is 0.590. The molecule has 1 saturated heterocycles. The minimum absolute atomic E-state index is 0.192. The monoisotopic (exact) mass is 405 g/mol. The molecule has 1 fully saturated rings. The summed E-state index contributed by atoms with van der Waals surface area (Å²) in [7, 11) is -3.29. The molecule has 0 aromatic heterocycles. The van der Waals surface area contributed by atoms with Crippen molar-refractivity contribution >= 4 is 21.4 Å². The van der Waals surface area contributed by atoms with Gasteiger partial charge in [-0.3, -0.25) is 9.62 Å². The van der Waals surface area contributed by atoms with Crippen LogP contribution in [0.15, 0.2) is 54.6 Å². The number of benzene rings is 2. The average Bonchev–Trinajstić information content (AvgIpc) is 2.68. The fraction of sp³-hybridized carbons (Fsp3) is 0.400. The van der Waals surface area contributed by atoms with Crippen molar-refractivity contribution in [2.24, 2.45) is 0 Å². The number of hydrogen-bond donors (Lipinski definition) is 2. The van der Waals surface area contributed by atoms with E-state index in [1.165, 1.54) is 5.69 Å². The number of nitrogens with one attached hydrogen (secondary N) is 1. The first-order valence-corrected chi connectivity index (χ1v) is 11.2. The first-order chi connectivity index (χ1) is 13.4. The molecule has 3 rings (SSSR count). The van der Waals surface area contributed by atoms with Gasteiger partial charge in [-0.25, -0.2) is 8.42 Å². The van der Waals surface area contributed by atoms with E-state index in [-0.39, 0.29) is 6.61 Å². The Labute approximate surface area is 166 Å². The molecule has 152 valence electrons. The fourth-order valence-corrected chi connectivity index (χ4v) is 3.77. The van der Waals surface area contributed by atoms with Gasteiger partial charge in [-0.05, 0) is 36.4 Å². The number of aliphatic hydroxyl groups excluding tert-OH is 1. The molecule has 1 atom stereocenters. The van der Waals surface area contributed by atoms with Crippen LogP contribution in [0.1, 0.15) is 0 Å². The molecule has 2 aromatic carbocycles. The first-order valence-electron chi connectivity index (χ1n) is 9.30. The summed E-state index contributed by atoms with van der Waals surface area (Å²) in [6.07, 6.45) is 0.519. The molecule has 2 N–H and O–H groups in total. The fourth-order valence-electron chi connectivity index (χ4n) is 3.20. The highest BCUT2D eigenvalue weighted by atomic mass is 32.2. The van der Waals surface area contributed by atoms with E-state index in [0.29, 0.717) is 18.0 Å². The number of sulfonamides is 1. The molecular formula is C20H27N3O4S. The predicted octanol–water partition coefficient (Wildman–Crippen LogP) is 1.62. The van der Waals surface area contributed by atoms with E-state index in [9.17, 15) is 13.5 Å². The molecule has 0 bridgehead atoms. The lowest BCUT2D eigenvalue weighted by molar-refractivity contribution is 0.0663. The van der Waals surface area contributed by atoms with Crippen LogP contribution < -0.4 is 14.4 Å². The highest BCUT2D eigenvalue weighted by Gasteiger charge is 2.19. The predicted molar refractivity (Wildman–Crippen MR) is 112 cm³/mol. The van der Waals surface area contributed by atoms with E-state index in [1.54, 1.807) is 24.3 Å². The van der Waals surface area contributed by atoms with Crippen molar-refractivity contribution in [3.63, 3.8) is 0 Å². The van der Waals surface area contributed by atoms with Gasteiger partial charge in [0.2, 0.25) is 10.0 Å². The van der Waals surface area contributed by atoms with Crippen molar-refractivity contribution in [1.29, 1.82) is 0 Å². The van der Waals surface area contributed by atoms with Gasteiger partial charge in [0.05, 0.1) is 6.26 Å². The number of piperazine rings is 1. The number of nitrogens with zero attached hydrogens (tertiary/aromatic N) is 2. The molecule has 7 nitrogen and oxygen atoms in total. The number of anilines is 2. The summed E-state index contributed by atoms with van der Waals surface area (Å²) in [6, 6.07) is 17.0. The van der Waals surface area contributed by atoms with Crippen LogP contribution >= 0.6 is 0 Å². The van der Waals surface area contributed by atoms with Crippen molar-refractivity contribution in [2.45, 2.75) is 6.10 Å². The van der Waals surface area contributed by atoms with Crippen LogP contribution in [0.25, 0.3) is 0 Å². The second kappa shape index (κ2) is 9.27. The Kier molecular flexibility index (Phi) is 6.77. The third kappa shape index (κ3) is 6.40. The van der Waals surface area contributed by atoms with E-state index < -0.39 is 16.1 Å². The third-order valence-electron chi connectivity index (χ3n) is 4.56. The molecular weight excluding hydrogens is 378 g/mol. The summed E-state index contributed by atoms with van der Waals surface area (Å²) >= 11 is 0. The Hall–Kier alpha value is -2.29. The van der Waals surface area contributed by atoms with Crippen LogP contribution in [-0.4, -0.2) is 70.1 Å². The van der Waals surface area contributed by atoms with E-state index in [1.807, 2.05) is 18.2 Å². The third-order valence-corrected chi connectivity index (χ3v) is 5.17. The van der Waals surface area contributed by atoms with Crippen molar-refractivity contribution < 1.29 is 18.3 Å². The molecule has 8 heteroatoms. The largest absolute Gasteiger partial charge is 0.491 e. The molecule has 0 unspecified atom stereocenters. The van der Waals surface area contributed by atoms with Gasteiger partial charge >= 0.3 is 0 Å². The van der Waals surface area contributed by atoms with Gasteiger partial charge in [0.25, 0.3) is 0 Å². The normalized spacial score (nSPS) is 16.6. The summed E-state index contributed by atoms with van der Waals surface area (Å²) in [4.78, 5) is 4.60. The van der Waals surface area contributed by atoms with Gasteiger partial charge in [-0.2, -0.15) is 0 Å². The highest BCUT2D eigenvalue weighted by Crippen LogP contribution is 2.18. The van der Waals surface area contributed by atoms with Gasteiger partial charge < -0.3 is 14.7 Å². The van der Waals surface area contributed by atoms with Gasteiger partial charge in [0.1, 0.15) is 18.5 Å². The Morgan fingerprint density at radius 1 is 1.04 bits per heavy atom. The SMILES string of the molecule is CS(=O)(=O)Nc1ccc(OC[C@@H](O)CN2CCN(c3ccccc3)CC2)cc1. The van der Waals surface area contributed by atoms with Crippen molar-refractivity contribution in [2.75, 3.05) is 55.2 Å². The van der Waals surface area contributed by atoms with Crippen molar-refractivity contribution in [3.05, 3.63) is 54.6 Å². The number of β-amino-alcohol motifs (C(OH)–C–C–N with tert-alkyl or cyclic N) is 1. The second-order valence-corrected chi connectivity index (χ2v) is 8.74.